The topological polar surface area (TPSA) is 102 Å². The van der Waals surface area contributed by atoms with E-state index >= 15 is 4.39 Å². The Morgan fingerprint density at radius 2 is 2.10 bits per heavy atom. The fraction of sp³-hybridized carbons (Fsp3) is 0.211. The maximum absolute atomic E-state index is 15.6. The molecule has 0 aliphatic carbocycles. The Morgan fingerprint density at radius 1 is 1.24 bits per heavy atom. The van der Waals surface area contributed by atoms with E-state index in [4.69, 9.17) is 0 Å². The Bertz CT molecular complexity index is 1330. The zero-order valence-electron chi connectivity index (χ0n) is 16.0. The number of hydrogen-bond donors (Lipinski definition) is 2. The highest BCUT2D eigenvalue weighted by atomic mass is 19.1. The van der Waals surface area contributed by atoms with Gasteiger partial charge in [-0.15, -0.1) is 10.2 Å². The number of rotatable bonds is 4. The third-order valence-corrected chi connectivity index (χ3v) is 5.24. The van der Waals surface area contributed by atoms with Crippen molar-refractivity contribution in [2.75, 3.05) is 12.4 Å². The van der Waals surface area contributed by atoms with E-state index in [1.165, 1.54) is 11.1 Å². The standard InChI is InChI=1S/C19H18FN9/c1-10-16(12-4-5-15-25-14(21-3)8-28(15)7-12)13-6-22-26-19(13)17(18(10)20)11(2)29-24-9-23-27-29/h4-9,11,21H,1-3H3,(H,22,26)/t11-/m0/s1. The average molecular weight is 391 g/mol. The lowest BCUT2D eigenvalue weighted by molar-refractivity contribution is 0.461. The molecule has 10 heteroatoms. The third kappa shape index (κ3) is 2.56. The van der Waals surface area contributed by atoms with E-state index in [1.54, 1.807) is 13.1 Å². The van der Waals surface area contributed by atoms with Gasteiger partial charge in [0.15, 0.2) is 6.33 Å². The smallest absolute Gasteiger partial charge is 0.162 e. The molecular formula is C19H18FN9. The number of nitrogens with zero attached hydrogens (tertiary/aromatic N) is 7. The minimum Gasteiger partial charge on any atom is -0.372 e. The summed E-state index contributed by atoms with van der Waals surface area (Å²) in [4.78, 5) is 5.84. The molecule has 0 spiro atoms. The lowest BCUT2D eigenvalue weighted by Crippen LogP contribution is -2.14. The molecule has 0 unspecified atom stereocenters. The van der Waals surface area contributed by atoms with Gasteiger partial charge >= 0.3 is 0 Å². The molecule has 0 amide bonds. The summed E-state index contributed by atoms with van der Waals surface area (Å²) in [6.07, 6.45) is 6.89. The molecule has 29 heavy (non-hydrogen) atoms. The number of pyridine rings is 1. The molecule has 146 valence electrons. The van der Waals surface area contributed by atoms with E-state index in [0.29, 0.717) is 16.6 Å². The van der Waals surface area contributed by atoms with Crippen LogP contribution in [-0.4, -0.2) is 46.8 Å². The summed E-state index contributed by atoms with van der Waals surface area (Å²) < 4.78 is 17.5. The lowest BCUT2D eigenvalue weighted by atomic mass is 9.92. The molecule has 0 fully saturated rings. The molecule has 0 bridgehead atoms. The number of benzene rings is 1. The SMILES string of the molecule is CNc1cn2cc(-c3c(C)c(F)c([C@H](C)n4ncnn4)c4[nH]ncc34)ccc2n1. The van der Waals surface area contributed by atoms with Crippen LogP contribution < -0.4 is 5.32 Å². The molecule has 5 aromatic rings. The normalized spacial score (nSPS) is 12.7. The van der Waals surface area contributed by atoms with E-state index < -0.39 is 6.04 Å². The van der Waals surface area contributed by atoms with Crippen LogP contribution >= 0.6 is 0 Å². The molecule has 9 nitrogen and oxygen atoms in total. The Kier molecular flexibility index (Phi) is 3.79. The van der Waals surface area contributed by atoms with Gasteiger partial charge in [0.2, 0.25) is 0 Å². The number of nitrogens with one attached hydrogen (secondary N) is 2. The van der Waals surface area contributed by atoms with Gasteiger partial charge in [0.25, 0.3) is 0 Å². The van der Waals surface area contributed by atoms with Crippen LogP contribution in [0.15, 0.2) is 37.1 Å². The quantitative estimate of drug-likeness (QED) is 0.488. The van der Waals surface area contributed by atoms with Crippen molar-refractivity contribution >= 4 is 22.4 Å². The van der Waals surface area contributed by atoms with Crippen LogP contribution in [0.3, 0.4) is 0 Å². The lowest BCUT2D eigenvalue weighted by Gasteiger charge is -2.17. The summed E-state index contributed by atoms with van der Waals surface area (Å²) >= 11 is 0. The van der Waals surface area contributed by atoms with Gasteiger partial charge in [0.05, 0.1) is 17.9 Å². The highest BCUT2D eigenvalue weighted by Crippen LogP contribution is 2.38. The van der Waals surface area contributed by atoms with Crippen LogP contribution in [0.5, 0.6) is 0 Å². The van der Waals surface area contributed by atoms with Gasteiger partial charge in [-0.25, -0.2) is 9.37 Å². The van der Waals surface area contributed by atoms with Crippen LogP contribution in [-0.2, 0) is 0 Å². The monoisotopic (exact) mass is 391 g/mol. The molecule has 5 rings (SSSR count). The Hall–Kier alpha value is -3.82. The largest absolute Gasteiger partial charge is 0.372 e. The van der Waals surface area contributed by atoms with Gasteiger partial charge in [-0.05, 0) is 47.9 Å². The predicted octanol–water partition coefficient (Wildman–Crippen LogP) is 2.96. The number of imidazole rings is 1. The number of hydrogen-bond acceptors (Lipinski definition) is 6. The molecule has 4 heterocycles. The molecule has 1 aromatic carbocycles. The van der Waals surface area contributed by atoms with E-state index in [0.717, 1.165) is 28.0 Å². The number of halogens is 1. The predicted molar refractivity (Wildman–Crippen MR) is 106 cm³/mol. The number of fused-ring (bicyclic) bond motifs is 2. The zero-order valence-corrected chi connectivity index (χ0v) is 16.0. The van der Waals surface area contributed by atoms with E-state index in [2.05, 4.69) is 35.9 Å². The van der Waals surface area contributed by atoms with Crippen molar-refractivity contribution in [2.45, 2.75) is 19.9 Å². The Morgan fingerprint density at radius 3 is 2.86 bits per heavy atom. The highest BCUT2D eigenvalue weighted by Gasteiger charge is 2.25. The second kappa shape index (κ2) is 6.36. The van der Waals surface area contributed by atoms with Crippen LogP contribution in [0.4, 0.5) is 10.2 Å². The van der Waals surface area contributed by atoms with Crippen LogP contribution in [0.25, 0.3) is 27.7 Å². The Balaban J connectivity index is 1.75. The fourth-order valence-electron chi connectivity index (χ4n) is 3.80. The van der Waals surface area contributed by atoms with Crippen molar-refractivity contribution in [3.8, 4) is 11.1 Å². The van der Waals surface area contributed by atoms with Crippen LogP contribution in [0.2, 0.25) is 0 Å². The molecular weight excluding hydrogens is 373 g/mol. The molecule has 0 radical (unpaired) electrons. The maximum Gasteiger partial charge on any atom is 0.162 e. The minimum absolute atomic E-state index is 0.316. The van der Waals surface area contributed by atoms with Gasteiger partial charge in [0.1, 0.15) is 23.3 Å². The van der Waals surface area contributed by atoms with Gasteiger partial charge in [0, 0.05) is 24.2 Å². The molecule has 0 saturated carbocycles. The van der Waals surface area contributed by atoms with Crippen molar-refractivity contribution < 1.29 is 4.39 Å². The van der Waals surface area contributed by atoms with Crippen molar-refractivity contribution in [2.24, 2.45) is 0 Å². The summed E-state index contributed by atoms with van der Waals surface area (Å²) in [5.74, 6) is 0.450. The number of aromatic amines is 1. The first-order valence-corrected chi connectivity index (χ1v) is 9.13. The number of anilines is 1. The highest BCUT2D eigenvalue weighted by molar-refractivity contribution is 5.98. The third-order valence-electron chi connectivity index (χ3n) is 5.24. The first-order chi connectivity index (χ1) is 14.1. The van der Waals surface area contributed by atoms with Gasteiger partial charge in [-0.3, -0.25) is 5.10 Å². The molecule has 4 aromatic heterocycles. The van der Waals surface area contributed by atoms with Gasteiger partial charge in [-0.1, -0.05) is 0 Å². The summed E-state index contributed by atoms with van der Waals surface area (Å²) in [5, 5.41) is 22.7. The second-order valence-corrected chi connectivity index (χ2v) is 6.88. The number of aromatic nitrogens is 8. The fourth-order valence-corrected chi connectivity index (χ4v) is 3.80. The average Bonchev–Trinajstić information content (AvgIpc) is 3.48. The molecule has 0 aliphatic heterocycles. The first kappa shape index (κ1) is 17.3. The number of H-pyrrole nitrogens is 1. The van der Waals surface area contributed by atoms with Gasteiger partial charge in [-0.2, -0.15) is 9.90 Å². The zero-order chi connectivity index (χ0) is 20.1. The summed E-state index contributed by atoms with van der Waals surface area (Å²) in [7, 11) is 1.82. The van der Waals surface area contributed by atoms with Crippen LogP contribution in [0.1, 0.15) is 24.1 Å². The molecule has 0 aliphatic rings. The van der Waals surface area contributed by atoms with Crippen molar-refractivity contribution in [3.63, 3.8) is 0 Å². The van der Waals surface area contributed by atoms with Crippen LogP contribution in [0, 0.1) is 12.7 Å². The minimum atomic E-state index is -0.442. The van der Waals surface area contributed by atoms with E-state index in [1.807, 2.05) is 42.9 Å². The van der Waals surface area contributed by atoms with Gasteiger partial charge < -0.3 is 9.72 Å². The molecule has 1 atom stereocenters. The first-order valence-electron chi connectivity index (χ1n) is 9.13. The molecule has 0 saturated heterocycles. The van der Waals surface area contributed by atoms with Crippen molar-refractivity contribution in [1.29, 1.82) is 0 Å². The van der Waals surface area contributed by atoms with E-state index in [-0.39, 0.29) is 5.82 Å². The van der Waals surface area contributed by atoms with E-state index in [9.17, 15) is 0 Å². The van der Waals surface area contributed by atoms with Crippen molar-refractivity contribution in [3.05, 3.63) is 54.0 Å². The summed E-state index contributed by atoms with van der Waals surface area (Å²) in [6.45, 7) is 3.61. The number of tetrazole rings is 1. The summed E-state index contributed by atoms with van der Waals surface area (Å²) in [6, 6.07) is 3.41. The second-order valence-electron chi connectivity index (χ2n) is 6.88. The van der Waals surface area contributed by atoms with Crippen molar-refractivity contribution in [1.82, 2.24) is 39.8 Å². The Labute approximate surface area is 164 Å². The summed E-state index contributed by atoms with van der Waals surface area (Å²) in [5.41, 5.74) is 4.08. The molecule has 2 N–H and O–H groups in total. The maximum atomic E-state index is 15.6.